The lowest BCUT2D eigenvalue weighted by Gasteiger charge is -2.27. The van der Waals surface area contributed by atoms with Gasteiger partial charge in [0.25, 0.3) is 5.56 Å². The molecule has 0 saturated carbocycles. The fraction of sp³-hybridized carbons (Fsp3) is 0.500. The van der Waals surface area contributed by atoms with Gasteiger partial charge in [0.05, 0.1) is 4.47 Å². The molecule has 0 bridgehead atoms. The Labute approximate surface area is 123 Å². The van der Waals surface area contributed by atoms with Crippen molar-refractivity contribution < 1.29 is 4.79 Å². The molecule has 1 aromatic rings. The fourth-order valence-corrected chi connectivity index (χ4v) is 2.11. The second kappa shape index (κ2) is 6.88. The van der Waals surface area contributed by atoms with Gasteiger partial charge >= 0.3 is 5.69 Å². The zero-order chi connectivity index (χ0) is 13.1. The predicted octanol–water partition coefficient (Wildman–Crippen LogP) is -0.847. The molecule has 1 aliphatic rings. The van der Waals surface area contributed by atoms with Crippen LogP contribution >= 0.6 is 28.3 Å². The first-order valence-corrected chi connectivity index (χ1v) is 6.35. The van der Waals surface area contributed by atoms with Crippen LogP contribution in [0, 0.1) is 0 Å². The van der Waals surface area contributed by atoms with Gasteiger partial charge in [0.15, 0.2) is 0 Å². The van der Waals surface area contributed by atoms with E-state index in [1.165, 1.54) is 10.8 Å². The van der Waals surface area contributed by atoms with E-state index in [-0.39, 0.29) is 29.3 Å². The summed E-state index contributed by atoms with van der Waals surface area (Å²) >= 11 is 3.03. The quantitative estimate of drug-likeness (QED) is 0.725. The van der Waals surface area contributed by atoms with Crippen molar-refractivity contribution in [2.75, 3.05) is 26.2 Å². The Balaban J connectivity index is 0.00000180. The molecule has 19 heavy (non-hydrogen) atoms. The standard InChI is InChI=1S/C10H13BrN4O3.ClH/c11-7-5-15(10(18)13-9(7)17)6-8(16)14-3-1-12-2-4-14;/h5,12H,1-4,6H2,(H,13,17,18);1H. The van der Waals surface area contributed by atoms with Crippen molar-refractivity contribution in [3.05, 3.63) is 31.5 Å². The van der Waals surface area contributed by atoms with E-state index in [1.807, 2.05) is 0 Å². The monoisotopic (exact) mass is 352 g/mol. The van der Waals surface area contributed by atoms with E-state index >= 15 is 0 Å². The summed E-state index contributed by atoms with van der Waals surface area (Å²) in [5.74, 6) is -0.127. The number of H-pyrrole nitrogens is 1. The first-order chi connectivity index (χ1) is 8.58. The number of piperazine rings is 1. The van der Waals surface area contributed by atoms with Crippen molar-refractivity contribution in [1.82, 2.24) is 19.8 Å². The number of carbonyl (C=O) groups excluding carboxylic acids is 1. The molecule has 0 spiro atoms. The number of rotatable bonds is 2. The summed E-state index contributed by atoms with van der Waals surface area (Å²) in [7, 11) is 0. The number of amides is 1. The molecule has 1 amide bonds. The molecule has 9 heteroatoms. The average Bonchev–Trinajstić information content (AvgIpc) is 2.37. The lowest BCUT2D eigenvalue weighted by molar-refractivity contribution is -0.132. The van der Waals surface area contributed by atoms with E-state index in [9.17, 15) is 14.4 Å². The molecule has 2 N–H and O–H groups in total. The molecule has 2 heterocycles. The fourth-order valence-electron chi connectivity index (χ4n) is 1.76. The Hall–Kier alpha value is -1.12. The van der Waals surface area contributed by atoms with Crippen LogP contribution in [0.4, 0.5) is 0 Å². The molecule has 1 aromatic heterocycles. The second-order valence-electron chi connectivity index (χ2n) is 4.00. The maximum absolute atomic E-state index is 11.9. The highest BCUT2D eigenvalue weighted by molar-refractivity contribution is 9.10. The molecular formula is C10H14BrClN4O3. The number of hydrogen-bond acceptors (Lipinski definition) is 4. The molecule has 2 rings (SSSR count). The minimum Gasteiger partial charge on any atom is -0.339 e. The van der Waals surface area contributed by atoms with E-state index < -0.39 is 11.2 Å². The van der Waals surface area contributed by atoms with Crippen LogP contribution in [0.15, 0.2) is 20.3 Å². The van der Waals surface area contributed by atoms with Crippen molar-refractivity contribution in [2.45, 2.75) is 6.54 Å². The van der Waals surface area contributed by atoms with Crippen LogP contribution in [-0.2, 0) is 11.3 Å². The molecular weight excluding hydrogens is 339 g/mol. The highest BCUT2D eigenvalue weighted by Gasteiger charge is 2.17. The molecule has 0 atom stereocenters. The van der Waals surface area contributed by atoms with E-state index in [0.717, 1.165) is 13.1 Å². The topological polar surface area (TPSA) is 87.2 Å². The van der Waals surface area contributed by atoms with Crippen molar-refractivity contribution in [1.29, 1.82) is 0 Å². The average molecular weight is 354 g/mol. The summed E-state index contributed by atoms with van der Waals surface area (Å²) in [6.07, 6.45) is 1.33. The highest BCUT2D eigenvalue weighted by atomic mass is 79.9. The van der Waals surface area contributed by atoms with Crippen LogP contribution in [0.5, 0.6) is 0 Å². The lowest BCUT2D eigenvalue weighted by Crippen LogP contribution is -2.48. The van der Waals surface area contributed by atoms with Crippen LogP contribution in [0.3, 0.4) is 0 Å². The van der Waals surface area contributed by atoms with Gasteiger partial charge in [-0.25, -0.2) is 4.79 Å². The van der Waals surface area contributed by atoms with Crippen LogP contribution in [-0.4, -0.2) is 46.5 Å². The maximum Gasteiger partial charge on any atom is 0.328 e. The van der Waals surface area contributed by atoms with Gasteiger partial charge in [-0.2, -0.15) is 0 Å². The zero-order valence-electron chi connectivity index (χ0n) is 10.0. The number of aromatic nitrogens is 2. The maximum atomic E-state index is 11.9. The van der Waals surface area contributed by atoms with Gasteiger partial charge in [0.1, 0.15) is 6.54 Å². The Bertz CT molecular complexity index is 565. The smallest absolute Gasteiger partial charge is 0.328 e. The molecule has 1 saturated heterocycles. The normalized spacial score (nSPS) is 14.9. The molecule has 0 aromatic carbocycles. The van der Waals surface area contributed by atoms with E-state index in [2.05, 4.69) is 26.2 Å². The van der Waals surface area contributed by atoms with E-state index in [4.69, 9.17) is 0 Å². The Kier molecular flexibility index (Phi) is 5.77. The van der Waals surface area contributed by atoms with Gasteiger partial charge in [0, 0.05) is 32.4 Å². The Morgan fingerprint density at radius 3 is 2.58 bits per heavy atom. The van der Waals surface area contributed by atoms with Crippen LogP contribution in [0.2, 0.25) is 0 Å². The molecule has 0 aliphatic carbocycles. The zero-order valence-corrected chi connectivity index (χ0v) is 12.4. The highest BCUT2D eigenvalue weighted by Crippen LogP contribution is 2.00. The van der Waals surface area contributed by atoms with Crippen LogP contribution in [0.25, 0.3) is 0 Å². The van der Waals surface area contributed by atoms with Crippen molar-refractivity contribution in [3.63, 3.8) is 0 Å². The SMILES string of the molecule is Cl.O=C(Cn1cc(Br)c(=O)[nH]c1=O)N1CCNCC1. The van der Waals surface area contributed by atoms with Gasteiger partial charge in [0.2, 0.25) is 5.91 Å². The molecule has 0 unspecified atom stereocenters. The van der Waals surface area contributed by atoms with Gasteiger partial charge in [-0.15, -0.1) is 12.4 Å². The molecule has 1 aliphatic heterocycles. The number of nitrogens with one attached hydrogen (secondary N) is 2. The number of aromatic amines is 1. The molecule has 0 radical (unpaired) electrons. The number of nitrogens with zero attached hydrogens (tertiary/aromatic N) is 2. The summed E-state index contributed by atoms with van der Waals surface area (Å²) < 4.78 is 1.42. The van der Waals surface area contributed by atoms with E-state index in [1.54, 1.807) is 4.90 Å². The second-order valence-corrected chi connectivity index (χ2v) is 4.85. The van der Waals surface area contributed by atoms with Crippen molar-refractivity contribution in [3.8, 4) is 0 Å². The summed E-state index contributed by atoms with van der Waals surface area (Å²) in [4.78, 5) is 38.5. The van der Waals surface area contributed by atoms with Gasteiger partial charge in [-0.1, -0.05) is 0 Å². The van der Waals surface area contributed by atoms with Crippen LogP contribution in [0.1, 0.15) is 0 Å². The third kappa shape index (κ3) is 3.92. The number of hydrogen-bond donors (Lipinski definition) is 2. The van der Waals surface area contributed by atoms with Crippen molar-refractivity contribution >= 4 is 34.2 Å². The number of carbonyl (C=O) groups is 1. The first-order valence-electron chi connectivity index (χ1n) is 5.55. The molecule has 7 nitrogen and oxygen atoms in total. The Morgan fingerprint density at radius 1 is 1.32 bits per heavy atom. The summed E-state index contributed by atoms with van der Waals surface area (Å²) in [5.41, 5.74) is -1.07. The van der Waals surface area contributed by atoms with Crippen molar-refractivity contribution in [2.24, 2.45) is 0 Å². The molecule has 106 valence electrons. The minimum absolute atomic E-state index is 0. The van der Waals surface area contributed by atoms with Gasteiger partial charge in [-0.05, 0) is 15.9 Å². The minimum atomic E-state index is -0.577. The third-order valence-electron chi connectivity index (χ3n) is 2.74. The summed E-state index contributed by atoms with van der Waals surface area (Å²) in [5, 5.41) is 3.14. The van der Waals surface area contributed by atoms with E-state index in [0.29, 0.717) is 13.1 Å². The Morgan fingerprint density at radius 2 is 1.95 bits per heavy atom. The predicted molar refractivity (Wildman–Crippen MR) is 75.7 cm³/mol. The summed E-state index contributed by atoms with van der Waals surface area (Å²) in [6.45, 7) is 2.73. The molecule has 1 fully saturated rings. The largest absolute Gasteiger partial charge is 0.339 e. The lowest BCUT2D eigenvalue weighted by atomic mass is 10.3. The van der Waals surface area contributed by atoms with Gasteiger partial charge < -0.3 is 10.2 Å². The van der Waals surface area contributed by atoms with Crippen LogP contribution < -0.4 is 16.6 Å². The first kappa shape index (κ1) is 15.9. The number of halogens is 2. The van der Waals surface area contributed by atoms with Gasteiger partial charge in [-0.3, -0.25) is 19.1 Å². The summed E-state index contributed by atoms with van der Waals surface area (Å²) in [6, 6.07) is 0. The third-order valence-corrected chi connectivity index (χ3v) is 3.31.